The molecule has 2 aromatic rings. The SMILES string of the molecule is O=C(OCc1ccc(-n2cccn2)cc1)C12CC3CC(CC(Cl)(C3)C1)C2. The molecule has 6 rings (SSSR count). The standard InChI is InChI=1S/C21H23ClN2O2/c22-21-11-16-8-17(12-21)10-20(9-16,14-21)19(25)26-13-15-2-4-18(5-3-15)24-7-1-6-23-24/h1-7,16-17H,8-14H2. The van der Waals surface area contributed by atoms with Crippen LogP contribution in [0.15, 0.2) is 42.7 Å². The topological polar surface area (TPSA) is 44.1 Å². The Balaban J connectivity index is 1.26. The van der Waals surface area contributed by atoms with Gasteiger partial charge in [0, 0.05) is 17.3 Å². The molecular formula is C21H23ClN2O2. The third-order valence-corrected chi connectivity index (χ3v) is 6.94. The molecule has 136 valence electrons. The zero-order valence-corrected chi connectivity index (χ0v) is 15.5. The molecular weight excluding hydrogens is 348 g/mol. The second-order valence-corrected chi connectivity index (χ2v) is 9.39. The van der Waals surface area contributed by atoms with Crippen molar-refractivity contribution in [2.24, 2.45) is 17.3 Å². The molecule has 4 saturated carbocycles. The number of nitrogens with zero attached hydrogens (tertiary/aromatic N) is 2. The quantitative estimate of drug-likeness (QED) is 0.588. The molecule has 0 saturated heterocycles. The molecule has 4 bridgehead atoms. The summed E-state index contributed by atoms with van der Waals surface area (Å²) in [6.07, 6.45) is 9.80. The first kappa shape index (κ1) is 16.4. The number of alkyl halides is 1. The first-order valence-electron chi connectivity index (χ1n) is 9.49. The van der Waals surface area contributed by atoms with Gasteiger partial charge in [0.05, 0.1) is 11.1 Å². The highest BCUT2D eigenvalue weighted by Gasteiger charge is 2.60. The van der Waals surface area contributed by atoms with Crippen LogP contribution < -0.4 is 0 Å². The molecule has 1 heterocycles. The van der Waals surface area contributed by atoms with Crippen molar-refractivity contribution in [1.29, 1.82) is 0 Å². The minimum atomic E-state index is -0.333. The lowest BCUT2D eigenvalue weighted by Gasteiger charge is -2.58. The predicted molar refractivity (Wildman–Crippen MR) is 99.1 cm³/mol. The Hall–Kier alpha value is -1.81. The molecule has 1 aromatic heterocycles. The maximum absolute atomic E-state index is 13.0. The van der Waals surface area contributed by atoms with Gasteiger partial charge in [-0.25, -0.2) is 4.68 Å². The maximum Gasteiger partial charge on any atom is 0.312 e. The van der Waals surface area contributed by atoms with Crippen LogP contribution in [0.2, 0.25) is 0 Å². The van der Waals surface area contributed by atoms with Crippen molar-refractivity contribution >= 4 is 17.6 Å². The highest BCUT2D eigenvalue weighted by molar-refractivity contribution is 6.24. The number of carbonyl (C=O) groups is 1. The Kier molecular flexibility index (Phi) is 3.68. The van der Waals surface area contributed by atoms with Crippen LogP contribution in [0, 0.1) is 17.3 Å². The minimum absolute atomic E-state index is 0.0345. The molecule has 1 aromatic carbocycles. The summed E-state index contributed by atoms with van der Waals surface area (Å²) < 4.78 is 7.58. The number of hydrogen-bond acceptors (Lipinski definition) is 3. The molecule has 4 nitrogen and oxygen atoms in total. The van der Waals surface area contributed by atoms with Gasteiger partial charge in [0.25, 0.3) is 0 Å². The number of aromatic nitrogens is 2. The summed E-state index contributed by atoms with van der Waals surface area (Å²) in [5.74, 6) is 1.18. The summed E-state index contributed by atoms with van der Waals surface area (Å²) in [5, 5.41) is 4.22. The van der Waals surface area contributed by atoms with E-state index >= 15 is 0 Å². The van der Waals surface area contributed by atoms with Crippen LogP contribution in [0.4, 0.5) is 0 Å². The van der Waals surface area contributed by atoms with Gasteiger partial charge in [-0.1, -0.05) is 12.1 Å². The number of rotatable bonds is 4. The van der Waals surface area contributed by atoms with Crippen LogP contribution >= 0.6 is 11.6 Å². The molecule has 4 fully saturated rings. The van der Waals surface area contributed by atoms with Gasteiger partial charge in [0.15, 0.2) is 0 Å². The van der Waals surface area contributed by atoms with E-state index in [0.29, 0.717) is 18.4 Å². The monoisotopic (exact) mass is 370 g/mol. The van der Waals surface area contributed by atoms with Crippen LogP contribution in [0.25, 0.3) is 5.69 Å². The zero-order chi connectivity index (χ0) is 17.8. The van der Waals surface area contributed by atoms with Gasteiger partial charge in [-0.05, 0) is 74.1 Å². The van der Waals surface area contributed by atoms with Gasteiger partial charge in [-0.15, -0.1) is 11.6 Å². The molecule has 0 amide bonds. The van der Waals surface area contributed by atoms with E-state index < -0.39 is 0 Å². The average molecular weight is 371 g/mol. The fourth-order valence-electron chi connectivity index (χ4n) is 5.86. The molecule has 0 spiro atoms. The van der Waals surface area contributed by atoms with E-state index in [1.165, 1.54) is 6.42 Å². The molecule has 0 aliphatic heterocycles. The number of hydrogen-bond donors (Lipinski definition) is 0. The van der Waals surface area contributed by atoms with Crippen LogP contribution in [-0.2, 0) is 16.1 Å². The van der Waals surface area contributed by atoms with Crippen molar-refractivity contribution in [2.75, 3.05) is 0 Å². The van der Waals surface area contributed by atoms with Crippen molar-refractivity contribution in [1.82, 2.24) is 9.78 Å². The summed E-state index contributed by atoms with van der Waals surface area (Å²) in [5.41, 5.74) is 1.66. The first-order valence-corrected chi connectivity index (χ1v) is 9.87. The summed E-state index contributed by atoms with van der Waals surface area (Å²) in [4.78, 5) is 12.8. The fourth-order valence-corrected chi connectivity index (χ4v) is 6.55. The second kappa shape index (κ2) is 5.85. The molecule has 0 radical (unpaired) electrons. The van der Waals surface area contributed by atoms with Crippen LogP contribution in [-0.4, -0.2) is 20.6 Å². The Morgan fingerprint density at radius 2 is 1.92 bits per heavy atom. The number of esters is 1. The van der Waals surface area contributed by atoms with E-state index in [0.717, 1.165) is 43.4 Å². The Morgan fingerprint density at radius 1 is 1.19 bits per heavy atom. The van der Waals surface area contributed by atoms with Crippen LogP contribution in [0.5, 0.6) is 0 Å². The molecule has 0 N–H and O–H groups in total. The van der Waals surface area contributed by atoms with Crippen molar-refractivity contribution in [3.8, 4) is 5.69 Å². The maximum atomic E-state index is 13.0. The average Bonchev–Trinajstić information content (AvgIpc) is 3.12. The third-order valence-electron chi connectivity index (χ3n) is 6.50. The number of halogens is 1. The van der Waals surface area contributed by atoms with Crippen molar-refractivity contribution in [3.63, 3.8) is 0 Å². The Labute approximate surface area is 158 Å². The fraction of sp³-hybridized carbons (Fsp3) is 0.524. The van der Waals surface area contributed by atoms with Gasteiger partial charge in [-0.3, -0.25) is 4.79 Å². The molecule has 2 atom stereocenters. The van der Waals surface area contributed by atoms with Gasteiger partial charge in [0.2, 0.25) is 0 Å². The molecule has 4 aliphatic rings. The number of carbonyl (C=O) groups excluding carboxylic acids is 1. The Morgan fingerprint density at radius 3 is 2.54 bits per heavy atom. The van der Waals surface area contributed by atoms with Crippen molar-refractivity contribution in [2.45, 2.75) is 50.0 Å². The molecule has 5 heteroatoms. The van der Waals surface area contributed by atoms with Gasteiger partial charge >= 0.3 is 5.97 Å². The third kappa shape index (κ3) is 2.75. The van der Waals surface area contributed by atoms with Gasteiger partial charge < -0.3 is 4.74 Å². The Bertz CT molecular complexity index is 801. The van der Waals surface area contributed by atoms with Crippen LogP contribution in [0.1, 0.15) is 44.1 Å². The highest BCUT2D eigenvalue weighted by atomic mass is 35.5. The van der Waals surface area contributed by atoms with E-state index in [4.69, 9.17) is 16.3 Å². The number of benzene rings is 1. The van der Waals surface area contributed by atoms with Gasteiger partial charge in [-0.2, -0.15) is 5.10 Å². The lowest BCUT2D eigenvalue weighted by atomic mass is 9.49. The normalized spacial score (nSPS) is 34.8. The largest absolute Gasteiger partial charge is 0.460 e. The lowest BCUT2D eigenvalue weighted by molar-refractivity contribution is -0.171. The molecule has 26 heavy (non-hydrogen) atoms. The van der Waals surface area contributed by atoms with E-state index in [9.17, 15) is 4.79 Å². The molecule has 2 unspecified atom stereocenters. The summed E-state index contributed by atoms with van der Waals surface area (Å²) in [6.45, 7) is 0.324. The van der Waals surface area contributed by atoms with Crippen molar-refractivity contribution < 1.29 is 9.53 Å². The van der Waals surface area contributed by atoms with E-state index in [1.807, 2.05) is 41.2 Å². The second-order valence-electron chi connectivity index (χ2n) is 8.59. The first-order chi connectivity index (χ1) is 12.5. The van der Waals surface area contributed by atoms with E-state index in [1.54, 1.807) is 6.20 Å². The number of ether oxygens (including phenoxy) is 1. The van der Waals surface area contributed by atoms with Gasteiger partial charge in [0.1, 0.15) is 6.61 Å². The lowest BCUT2D eigenvalue weighted by Crippen LogP contribution is -2.56. The highest BCUT2D eigenvalue weighted by Crippen LogP contribution is 2.64. The zero-order valence-electron chi connectivity index (χ0n) is 14.7. The smallest absolute Gasteiger partial charge is 0.312 e. The van der Waals surface area contributed by atoms with Crippen molar-refractivity contribution in [3.05, 3.63) is 48.3 Å². The van der Waals surface area contributed by atoms with E-state index in [2.05, 4.69) is 5.10 Å². The minimum Gasteiger partial charge on any atom is -0.460 e. The summed E-state index contributed by atoms with van der Waals surface area (Å²) in [6, 6.07) is 9.87. The van der Waals surface area contributed by atoms with E-state index in [-0.39, 0.29) is 16.3 Å². The van der Waals surface area contributed by atoms with Crippen LogP contribution in [0.3, 0.4) is 0 Å². The summed E-state index contributed by atoms with van der Waals surface area (Å²) in [7, 11) is 0. The molecule has 4 aliphatic carbocycles. The predicted octanol–water partition coefficient (Wildman–Crippen LogP) is 4.49. The summed E-state index contributed by atoms with van der Waals surface area (Å²) >= 11 is 6.83.